The summed E-state index contributed by atoms with van der Waals surface area (Å²) in [5.74, 6) is -0.219. The number of pyridine rings is 1. The minimum absolute atomic E-state index is 0.0432. The van der Waals surface area contributed by atoms with Crippen molar-refractivity contribution in [2.75, 3.05) is 19.6 Å². The van der Waals surface area contributed by atoms with Crippen LogP contribution in [-0.4, -0.2) is 46.6 Å². The number of rotatable bonds is 6. The Kier molecular flexibility index (Phi) is 5.35. The Morgan fingerprint density at radius 1 is 1.60 bits per heavy atom. The van der Waals surface area contributed by atoms with E-state index in [0.29, 0.717) is 19.1 Å². The SMILES string of the molecule is CCCCN(CC1CCCN1)C(=O)c1ncccc1O. The highest BCUT2D eigenvalue weighted by Crippen LogP contribution is 2.17. The average molecular weight is 277 g/mol. The van der Waals surface area contributed by atoms with Crippen LogP contribution in [0.25, 0.3) is 0 Å². The maximum absolute atomic E-state index is 12.5. The Morgan fingerprint density at radius 2 is 2.45 bits per heavy atom. The molecule has 2 heterocycles. The van der Waals surface area contributed by atoms with E-state index in [1.165, 1.54) is 6.07 Å². The Morgan fingerprint density at radius 3 is 3.10 bits per heavy atom. The van der Waals surface area contributed by atoms with E-state index in [9.17, 15) is 9.90 Å². The summed E-state index contributed by atoms with van der Waals surface area (Å²) in [6.45, 7) is 4.53. The number of unbranched alkanes of at least 4 members (excludes halogenated alkanes) is 1. The van der Waals surface area contributed by atoms with Gasteiger partial charge in [0.05, 0.1) is 0 Å². The molecular formula is C15H23N3O2. The average Bonchev–Trinajstić information content (AvgIpc) is 2.96. The van der Waals surface area contributed by atoms with Crippen molar-refractivity contribution in [1.82, 2.24) is 15.2 Å². The molecule has 0 radical (unpaired) electrons. The summed E-state index contributed by atoms with van der Waals surface area (Å²) >= 11 is 0. The van der Waals surface area contributed by atoms with Gasteiger partial charge in [-0.05, 0) is 37.9 Å². The summed E-state index contributed by atoms with van der Waals surface area (Å²) in [6, 6.07) is 3.49. The molecule has 0 aliphatic carbocycles. The molecule has 2 rings (SSSR count). The lowest BCUT2D eigenvalue weighted by Crippen LogP contribution is -2.41. The smallest absolute Gasteiger partial charge is 0.276 e. The van der Waals surface area contributed by atoms with Crippen LogP contribution in [0.4, 0.5) is 0 Å². The third-order valence-electron chi connectivity index (χ3n) is 3.66. The summed E-state index contributed by atoms with van der Waals surface area (Å²) in [7, 11) is 0. The van der Waals surface area contributed by atoms with Gasteiger partial charge in [0.1, 0.15) is 5.75 Å². The van der Waals surface area contributed by atoms with Gasteiger partial charge in [0, 0.05) is 25.3 Å². The van der Waals surface area contributed by atoms with E-state index in [-0.39, 0.29) is 17.4 Å². The van der Waals surface area contributed by atoms with Crippen molar-refractivity contribution in [3.05, 3.63) is 24.0 Å². The van der Waals surface area contributed by atoms with Crippen LogP contribution in [0.15, 0.2) is 18.3 Å². The number of hydrogen-bond donors (Lipinski definition) is 2. The zero-order valence-corrected chi connectivity index (χ0v) is 12.0. The lowest BCUT2D eigenvalue weighted by Gasteiger charge is -2.25. The molecule has 1 aromatic heterocycles. The van der Waals surface area contributed by atoms with E-state index in [0.717, 1.165) is 32.2 Å². The number of nitrogens with zero attached hydrogens (tertiary/aromatic N) is 2. The molecule has 2 N–H and O–H groups in total. The molecule has 1 aliphatic rings. The van der Waals surface area contributed by atoms with Gasteiger partial charge in [0.25, 0.3) is 5.91 Å². The predicted octanol–water partition coefficient (Wildman–Crippen LogP) is 1.78. The third-order valence-corrected chi connectivity index (χ3v) is 3.66. The van der Waals surface area contributed by atoms with Crippen LogP contribution in [0.1, 0.15) is 43.1 Å². The highest BCUT2D eigenvalue weighted by atomic mass is 16.3. The van der Waals surface area contributed by atoms with Crippen molar-refractivity contribution < 1.29 is 9.90 Å². The van der Waals surface area contributed by atoms with Crippen LogP contribution in [0.5, 0.6) is 5.75 Å². The van der Waals surface area contributed by atoms with E-state index in [1.54, 1.807) is 12.3 Å². The van der Waals surface area contributed by atoms with Gasteiger partial charge in [0.2, 0.25) is 0 Å². The zero-order chi connectivity index (χ0) is 14.4. The first-order chi connectivity index (χ1) is 9.72. The summed E-state index contributed by atoms with van der Waals surface area (Å²) in [5.41, 5.74) is 0.154. The number of aromatic nitrogens is 1. The number of nitrogens with one attached hydrogen (secondary N) is 1. The van der Waals surface area contributed by atoms with E-state index >= 15 is 0 Å². The van der Waals surface area contributed by atoms with Gasteiger partial charge < -0.3 is 15.3 Å². The number of hydrogen-bond acceptors (Lipinski definition) is 4. The maximum Gasteiger partial charge on any atom is 0.276 e. The van der Waals surface area contributed by atoms with E-state index < -0.39 is 0 Å². The highest BCUT2D eigenvalue weighted by Gasteiger charge is 2.24. The molecule has 0 aromatic carbocycles. The van der Waals surface area contributed by atoms with Gasteiger partial charge >= 0.3 is 0 Å². The maximum atomic E-state index is 12.5. The first-order valence-electron chi connectivity index (χ1n) is 7.39. The summed E-state index contributed by atoms with van der Waals surface area (Å²) in [6.07, 6.45) is 5.81. The van der Waals surface area contributed by atoms with Crippen LogP contribution in [-0.2, 0) is 0 Å². The number of aromatic hydroxyl groups is 1. The molecule has 1 amide bonds. The lowest BCUT2D eigenvalue weighted by atomic mass is 10.2. The van der Waals surface area contributed by atoms with Crippen molar-refractivity contribution in [2.24, 2.45) is 0 Å². The Balaban J connectivity index is 2.08. The lowest BCUT2D eigenvalue weighted by molar-refractivity contribution is 0.0730. The van der Waals surface area contributed by atoms with Crippen LogP contribution < -0.4 is 5.32 Å². The number of amides is 1. The van der Waals surface area contributed by atoms with Gasteiger partial charge in [-0.2, -0.15) is 0 Å². The van der Waals surface area contributed by atoms with Crippen LogP contribution >= 0.6 is 0 Å². The third kappa shape index (κ3) is 3.70. The molecule has 0 bridgehead atoms. The second-order valence-corrected chi connectivity index (χ2v) is 5.27. The van der Waals surface area contributed by atoms with Crippen molar-refractivity contribution in [2.45, 2.75) is 38.6 Å². The number of carbonyl (C=O) groups excluding carboxylic acids is 1. The molecule has 1 aromatic rings. The van der Waals surface area contributed by atoms with Gasteiger partial charge in [-0.3, -0.25) is 4.79 Å². The monoisotopic (exact) mass is 277 g/mol. The molecular weight excluding hydrogens is 254 g/mol. The fourth-order valence-corrected chi connectivity index (χ4v) is 2.51. The number of carbonyl (C=O) groups is 1. The minimum Gasteiger partial charge on any atom is -0.505 e. The highest BCUT2D eigenvalue weighted by molar-refractivity contribution is 5.94. The molecule has 1 fully saturated rings. The summed E-state index contributed by atoms with van der Waals surface area (Å²) in [4.78, 5) is 18.4. The van der Waals surface area contributed by atoms with Gasteiger partial charge in [-0.25, -0.2) is 4.98 Å². The fourth-order valence-electron chi connectivity index (χ4n) is 2.51. The van der Waals surface area contributed by atoms with Gasteiger partial charge in [-0.1, -0.05) is 13.3 Å². The van der Waals surface area contributed by atoms with Crippen LogP contribution in [0.3, 0.4) is 0 Å². The molecule has 1 aliphatic heterocycles. The first kappa shape index (κ1) is 14.8. The van der Waals surface area contributed by atoms with E-state index in [1.807, 2.05) is 4.90 Å². The van der Waals surface area contributed by atoms with Crippen molar-refractivity contribution >= 4 is 5.91 Å². The predicted molar refractivity (Wildman–Crippen MR) is 77.7 cm³/mol. The van der Waals surface area contributed by atoms with Crippen molar-refractivity contribution in [3.8, 4) is 5.75 Å². The van der Waals surface area contributed by atoms with Crippen molar-refractivity contribution in [1.29, 1.82) is 0 Å². The first-order valence-corrected chi connectivity index (χ1v) is 7.39. The molecule has 20 heavy (non-hydrogen) atoms. The standard InChI is InChI=1S/C15H23N3O2/c1-2-3-10-18(11-12-6-4-8-16-12)15(20)14-13(19)7-5-9-17-14/h5,7,9,12,16,19H,2-4,6,8,10-11H2,1H3. The largest absolute Gasteiger partial charge is 0.505 e. The van der Waals surface area contributed by atoms with Crippen LogP contribution in [0, 0.1) is 0 Å². The molecule has 5 nitrogen and oxygen atoms in total. The molecule has 1 saturated heterocycles. The fraction of sp³-hybridized carbons (Fsp3) is 0.600. The molecule has 5 heteroatoms. The van der Waals surface area contributed by atoms with Crippen LogP contribution in [0.2, 0.25) is 0 Å². The van der Waals surface area contributed by atoms with E-state index in [4.69, 9.17) is 0 Å². The molecule has 1 unspecified atom stereocenters. The zero-order valence-electron chi connectivity index (χ0n) is 12.0. The Hall–Kier alpha value is -1.62. The second-order valence-electron chi connectivity index (χ2n) is 5.27. The molecule has 0 spiro atoms. The Labute approximate surface area is 120 Å². The van der Waals surface area contributed by atoms with E-state index in [2.05, 4.69) is 17.2 Å². The molecule has 110 valence electrons. The normalized spacial score (nSPS) is 18.1. The van der Waals surface area contributed by atoms with Gasteiger partial charge in [0.15, 0.2) is 5.69 Å². The van der Waals surface area contributed by atoms with Gasteiger partial charge in [-0.15, -0.1) is 0 Å². The second kappa shape index (κ2) is 7.24. The molecule has 0 saturated carbocycles. The van der Waals surface area contributed by atoms with Crippen molar-refractivity contribution in [3.63, 3.8) is 0 Å². The minimum atomic E-state index is -0.176. The molecule has 1 atom stereocenters. The topological polar surface area (TPSA) is 65.5 Å². The Bertz CT molecular complexity index is 444. The quantitative estimate of drug-likeness (QED) is 0.832. The summed E-state index contributed by atoms with van der Waals surface area (Å²) in [5, 5.41) is 13.2. The summed E-state index contributed by atoms with van der Waals surface area (Å²) < 4.78 is 0.